The lowest BCUT2D eigenvalue weighted by Gasteiger charge is -2.19. The first kappa shape index (κ1) is 12.6. The van der Waals surface area contributed by atoms with E-state index in [2.05, 4.69) is 72.8 Å². The molecule has 0 fully saturated rings. The van der Waals surface area contributed by atoms with E-state index in [1.54, 1.807) is 0 Å². The Labute approximate surface area is 118 Å². The van der Waals surface area contributed by atoms with Crippen LogP contribution in [0.4, 0.5) is 0 Å². The summed E-state index contributed by atoms with van der Waals surface area (Å²) >= 11 is 0. The number of rotatable bonds is 3. The molecular formula is C18H19S+. The Morgan fingerprint density at radius 1 is 0.737 bits per heavy atom. The van der Waals surface area contributed by atoms with Crippen LogP contribution < -0.4 is 0 Å². The average molecular weight is 267 g/mol. The van der Waals surface area contributed by atoms with Crippen molar-refractivity contribution in [1.29, 1.82) is 0 Å². The van der Waals surface area contributed by atoms with Crippen LogP contribution in [-0.2, 0) is 10.9 Å². The predicted molar refractivity (Wildman–Crippen MR) is 83.6 cm³/mol. The lowest BCUT2D eigenvalue weighted by Crippen LogP contribution is -2.23. The van der Waals surface area contributed by atoms with Gasteiger partial charge >= 0.3 is 0 Å². The van der Waals surface area contributed by atoms with Crippen molar-refractivity contribution in [2.24, 2.45) is 0 Å². The van der Waals surface area contributed by atoms with Crippen LogP contribution >= 0.6 is 0 Å². The zero-order valence-corrected chi connectivity index (χ0v) is 11.9. The Morgan fingerprint density at radius 2 is 1.32 bits per heavy atom. The van der Waals surface area contributed by atoms with Gasteiger partial charge in [0.2, 0.25) is 0 Å². The zero-order valence-electron chi connectivity index (χ0n) is 11.0. The van der Waals surface area contributed by atoms with Crippen molar-refractivity contribution >= 4 is 10.9 Å². The van der Waals surface area contributed by atoms with Crippen LogP contribution in [0.1, 0.15) is 19.3 Å². The lowest BCUT2D eigenvalue weighted by atomic mass is 10.1. The maximum atomic E-state index is 2.36. The van der Waals surface area contributed by atoms with Gasteiger partial charge in [-0.05, 0) is 37.1 Å². The second-order valence-corrected chi connectivity index (χ2v) is 7.16. The molecular weight excluding hydrogens is 248 g/mol. The highest BCUT2D eigenvalue weighted by Gasteiger charge is 2.34. The van der Waals surface area contributed by atoms with Crippen molar-refractivity contribution in [3.05, 3.63) is 72.8 Å². The van der Waals surface area contributed by atoms with Crippen LogP contribution in [0.25, 0.3) is 0 Å². The Hall–Kier alpha value is -1.47. The smallest absolute Gasteiger partial charge is 0.0882 e. The van der Waals surface area contributed by atoms with Crippen molar-refractivity contribution in [2.75, 3.05) is 0 Å². The van der Waals surface area contributed by atoms with Gasteiger partial charge in [-0.1, -0.05) is 48.6 Å². The zero-order chi connectivity index (χ0) is 12.9. The van der Waals surface area contributed by atoms with Crippen LogP contribution in [0.2, 0.25) is 0 Å². The second-order valence-electron chi connectivity index (χ2n) is 4.87. The van der Waals surface area contributed by atoms with Crippen LogP contribution in [0.3, 0.4) is 0 Å². The quantitative estimate of drug-likeness (QED) is 0.552. The molecule has 0 nitrogen and oxygen atoms in total. The van der Waals surface area contributed by atoms with Gasteiger partial charge in [0, 0.05) is 6.42 Å². The molecule has 0 amide bonds. The van der Waals surface area contributed by atoms with Crippen molar-refractivity contribution in [2.45, 2.75) is 34.3 Å². The number of hydrogen-bond donors (Lipinski definition) is 0. The standard InChI is InChI=1S/C18H19S/c1-4-10-16(11-5-1)19(17-12-6-2-7-13-17)18-14-8-3-9-15-18/h1-8,10-13,18H,9,14-15H2/q+1. The fraction of sp³-hybridized carbons (Fsp3) is 0.222. The van der Waals surface area contributed by atoms with E-state index >= 15 is 0 Å². The van der Waals surface area contributed by atoms with E-state index in [9.17, 15) is 0 Å². The van der Waals surface area contributed by atoms with Gasteiger partial charge in [0.25, 0.3) is 0 Å². The van der Waals surface area contributed by atoms with Gasteiger partial charge in [-0.15, -0.1) is 0 Å². The Morgan fingerprint density at radius 3 is 1.79 bits per heavy atom. The van der Waals surface area contributed by atoms with Gasteiger partial charge in [0.05, 0.1) is 10.9 Å². The summed E-state index contributed by atoms with van der Waals surface area (Å²) in [5.41, 5.74) is 0. The molecule has 0 heterocycles. The van der Waals surface area contributed by atoms with Gasteiger partial charge < -0.3 is 0 Å². The van der Waals surface area contributed by atoms with Gasteiger partial charge in [0.1, 0.15) is 5.25 Å². The molecule has 19 heavy (non-hydrogen) atoms. The van der Waals surface area contributed by atoms with Gasteiger partial charge in [-0.3, -0.25) is 0 Å². The van der Waals surface area contributed by atoms with Gasteiger partial charge in [-0.25, -0.2) is 0 Å². The SMILES string of the molecule is C1=CCC([S+](c2ccccc2)c2ccccc2)CC1. The number of benzene rings is 2. The van der Waals surface area contributed by atoms with Crippen LogP contribution in [0.15, 0.2) is 82.6 Å². The fourth-order valence-corrected chi connectivity index (χ4v) is 5.25. The molecule has 0 N–H and O–H groups in total. The summed E-state index contributed by atoms with van der Waals surface area (Å²) < 4.78 is 0. The molecule has 1 unspecified atom stereocenters. The minimum atomic E-state index is 0.211. The van der Waals surface area contributed by atoms with E-state index in [4.69, 9.17) is 0 Å². The normalized spacial score (nSPS) is 18.7. The maximum Gasteiger partial charge on any atom is 0.160 e. The van der Waals surface area contributed by atoms with Crippen molar-refractivity contribution in [1.82, 2.24) is 0 Å². The van der Waals surface area contributed by atoms with Crippen molar-refractivity contribution < 1.29 is 0 Å². The van der Waals surface area contributed by atoms with Gasteiger partial charge in [0.15, 0.2) is 9.79 Å². The maximum absolute atomic E-state index is 2.36. The molecule has 0 radical (unpaired) electrons. The summed E-state index contributed by atoms with van der Waals surface area (Å²) in [4.78, 5) is 2.96. The summed E-state index contributed by atoms with van der Waals surface area (Å²) in [6, 6.07) is 22.0. The van der Waals surface area contributed by atoms with E-state index in [-0.39, 0.29) is 10.9 Å². The molecule has 3 rings (SSSR count). The minimum absolute atomic E-state index is 0.211. The first-order chi connectivity index (χ1) is 9.45. The van der Waals surface area contributed by atoms with E-state index in [1.165, 1.54) is 29.1 Å². The molecule has 0 spiro atoms. The summed E-state index contributed by atoms with van der Waals surface area (Å²) in [7, 11) is 0.211. The Bertz CT molecular complexity index is 491. The topological polar surface area (TPSA) is 0 Å². The van der Waals surface area contributed by atoms with Crippen LogP contribution in [0, 0.1) is 0 Å². The predicted octanol–water partition coefficient (Wildman–Crippen LogP) is 4.83. The Kier molecular flexibility index (Phi) is 4.04. The molecule has 1 aliphatic carbocycles. The fourth-order valence-electron chi connectivity index (χ4n) is 2.64. The largest absolute Gasteiger partial charge is 0.160 e. The molecule has 1 atom stereocenters. The minimum Gasteiger partial charge on any atom is -0.0882 e. The Balaban J connectivity index is 1.98. The third-order valence-corrected chi connectivity index (χ3v) is 6.20. The first-order valence-electron chi connectivity index (χ1n) is 6.93. The molecule has 0 aliphatic heterocycles. The van der Waals surface area contributed by atoms with E-state index in [1.807, 2.05) is 0 Å². The first-order valence-corrected chi connectivity index (χ1v) is 8.22. The highest BCUT2D eigenvalue weighted by molar-refractivity contribution is 7.97. The van der Waals surface area contributed by atoms with E-state index in [0.29, 0.717) is 0 Å². The highest BCUT2D eigenvalue weighted by Crippen LogP contribution is 2.33. The molecule has 2 aromatic rings. The monoisotopic (exact) mass is 267 g/mol. The average Bonchev–Trinajstić information content (AvgIpc) is 2.51. The number of hydrogen-bond acceptors (Lipinski definition) is 0. The third kappa shape index (κ3) is 2.93. The molecule has 96 valence electrons. The van der Waals surface area contributed by atoms with Crippen LogP contribution in [-0.4, -0.2) is 5.25 Å². The number of allylic oxidation sites excluding steroid dienone is 2. The second kappa shape index (κ2) is 6.12. The molecule has 1 heteroatoms. The van der Waals surface area contributed by atoms with Gasteiger partial charge in [-0.2, -0.15) is 0 Å². The van der Waals surface area contributed by atoms with Crippen LogP contribution in [0.5, 0.6) is 0 Å². The summed E-state index contributed by atoms with van der Waals surface area (Å²) in [6.45, 7) is 0. The van der Waals surface area contributed by atoms with Crippen molar-refractivity contribution in [3.8, 4) is 0 Å². The summed E-state index contributed by atoms with van der Waals surface area (Å²) in [6.07, 6.45) is 8.44. The third-order valence-electron chi connectivity index (χ3n) is 3.55. The lowest BCUT2D eigenvalue weighted by molar-refractivity contribution is 0.740. The van der Waals surface area contributed by atoms with E-state index < -0.39 is 0 Å². The molecule has 0 saturated heterocycles. The molecule has 0 aromatic heterocycles. The molecule has 1 aliphatic rings. The van der Waals surface area contributed by atoms with E-state index in [0.717, 1.165) is 5.25 Å². The molecule has 0 bridgehead atoms. The summed E-state index contributed by atoms with van der Waals surface area (Å²) in [5, 5.41) is 0.759. The highest BCUT2D eigenvalue weighted by atomic mass is 32.2. The van der Waals surface area contributed by atoms with Crippen molar-refractivity contribution in [3.63, 3.8) is 0 Å². The summed E-state index contributed by atoms with van der Waals surface area (Å²) in [5.74, 6) is 0. The molecule has 0 saturated carbocycles. The molecule has 2 aromatic carbocycles.